The third-order valence-corrected chi connectivity index (χ3v) is 27.0. The number of alkyl halides is 1. The molecule has 4 unspecified atom stereocenters. The number of benzene rings is 2. The van der Waals surface area contributed by atoms with Crippen LogP contribution < -0.4 is 41.5 Å². The average Bonchev–Trinajstić information content (AvgIpc) is 1.65. The number of aromatic nitrogens is 4. The van der Waals surface area contributed by atoms with Crippen molar-refractivity contribution >= 4 is 151 Å². The maximum absolute atomic E-state index is 15.7. The molecule has 1 aliphatic carbocycles. The summed E-state index contributed by atoms with van der Waals surface area (Å²) in [5.41, 5.74) is 2.81. The van der Waals surface area contributed by atoms with Crippen LogP contribution in [0.2, 0.25) is 0 Å². The van der Waals surface area contributed by atoms with Gasteiger partial charge in [-0.2, -0.15) is 4.37 Å². The molecule has 684 valence electrons. The summed E-state index contributed by atoms with van der Waals surface area (Å²) in [4.78, 5) is 171. The number of rotatable bonds is 50. The van der Waals surface area contributed by atoms with E-state index < -0.39 is 85.9 Å². The van der Waals surface area contributed by atoms with E-state index in [1.54, 1.807) is 95.0 Å². The van der Waals surface area contributed by atoms with Gasteiger partial charge in [0, 0.05) is 127 Å². The van der Waals surface area contributed by atoms with Gasteiger partial charge in [0.1, 0.15) is 48.3 Å². The molecule has 31 nitrogen and oxygen atoms in total. The van der Waals surface area contributed by atoms with Crippen LogP contribution in [-0.4, -0.2) is 241 Å². The fourth-order valence-electron chi connectivity index (χ4n) is 16.9. The molecule has 0 bridgehead atoms. The largest absolute Gasteiger partial charge is 0.472 e. The zero-order chi connectivity index (χ0) is 91.6. The summed E-state index contributed by atoms with van der Waals surface area (Å²) in [5, 5.41) is 17.6. The van der Waals surface area contributed by atoms with Crippen molar-refractivity contribution in [1.82, 2.24) is 44.0 Å². The highest BCUT2D eigenvalue weighted by Gasteiger charge is 2.55. The molecule has 6 heterocycles. The van der Waals surface area contributed by atoms with E-state index in [1.165, 1.54) is 6.92 Å². The monoisotopic (exact) mass is 1860 g/mol. The van der Waals surface area contributed by atoms with Gasteiger partial charge in [-0.1, -0.05) is 69.2 Å². The van der Waals surface area contributed by atoms with E-state index in [4.69, 9.17) is 28.4 Å². The number of fused-ring (bicyclic) bond motifs is 2. The lowest BCUT2D eigenvalue weighted by Crippen LogP contribution is -2.58. The zero-order valence-corrected chi connectivity index (χ0v) is 79.4. The van der Waals surface area contributed by atoms with Gasteiger partial charge in [-0.3, -0.25) is 52.7 Å². The van der Waals surface area contributed by atoms with E-state index in [1.807, 2.05) is 82.9 Å². The van der Waals surface area contributed by atoms with Gasteiger partial charge in [0.05, 0.1) is 53.8 Å². The van der Waals surface area contributed by atoms with Gasteiger partial charge < -0.3 is 89.9 Å². The number of aryl methyl sites for hydroxylation is 2. The lowest BCUT2D eigenvalue weighted by Gasteiger charge is -2.43. The second kappa shape index (κ2) is 44.2. The Balaban J connectivity index is 0.850. The Kier molecular flexibility index (Phi) is 35.3. The minimum absolute atomic E-state index is 0.117. The number of Topliss-reactive ketones (excluding diaryl/α,β-unsaturated/α-hetero) is 4. The molecule has 8 N–H and O–H groups in total. The molecule has 9 rings (SSSR count). The molecule has 7 amide bonds. The normalized spacial score (nSPS) is 16.5. The van der Waals surface area contributed by atoms with E-state index >= 15 is 14.4 Å². The smallest absolute Gasteiger partial charge is 0.270 e. The maximum Gasteiger partial charge on any atom is 0.270 e. The van der Waals surface area contributed by atoms with Crippen molar-refractivity contribution in [2.45, 2.75) is 253 Å². The summed E-state index contributed by atoms with van der Waals surface area (Å²) < 4.78 is 46.9. The Morgan fingerprint density at radius 1 is 0.616 bits per heavy atom. The van der Waals surface area contributed by atoms with E-state index in [9.17, 15) is 38.4 Å². The van der Waals surface area contributed by atoms with Gasteiger partial charge in [-0.15, -0.1) is 4.37 Å². The van der Waals surface area contributed by atoms with Crippen molar-refractivity contribution < 1.29 is 81.2 Å². The SMILES string of the molecule is CCN(CC)CCNC(=O)c1c(C)[nH]c(/C=C2\C(=O)Nc3ccc(NC(=O)CCC(=O)C(I)(CC)OC(C)C(=O)C(CC)(CC)OCC(=O)N(C[C@@H](COc4nsnc4N4CCOCC4)OC(CC)(C(=O)C(C)OC(CC)(CC)C(=O)CCC(=O)Nc4ccc5c(c4)/C(=C/c4[nH]c(C)c(C(=O)NCCN(CC)CC)c4C)C(=O)N5)C4CC4)C(C)(C)C)cc32)c1C. The lowest BCUT2D eigenvalue weighted by molar-refractivity contribution is -0.187. The number of halogens is 1. The summed E-state index contributed by atoms with van der Waals surface area (Å²) in [7, 11) is 0. The van der Waals surface area contributed by atoms with Gasteiger partial charge in [0.2, 0.25) is 23.5 Å². The predicted molar refractivity (Wildman–Crippen MR) is 494 cm³/mol. The lowest BCUT2D eigenvalue weighted by atomic mass is 9.84. The molecule has 3 aliphatic heterocycles. The average molecular weight is 1860 g/mol. The quantitative estimate of drug-likeness (QED) is 0.0102. The van der Waals surface area contributed by atoms with Gasteiger partial charge in [-0.25, -0.2) is 0 Å². The number of hydrogen-bond donors (Lipinski definition) is 8. The molecule has 1 saturated carbocycles. The van der Waals surface area contributed by atoms with Gasteiger partial charge >= 0.3 is 0 Å². The minimum atomic E-state index is -1.59. The number of H-pyrrole nitrogens is 2. The molecule has 125 heavy (non-hydrogen) atoms. The van der Waals surface area contributed by atoms with Crippen LogP contribution in [0.4, 0.5) is 28.6 Å². The molecule has 2 fully saturated rings. The number of ketones is 4. The van der Waals surface area contributed by atoms with Crippen molar-refractivity contribution in [2.24, 2.45) is 5.92 Å². The van der Waals surface area contributed by atoms with Crippen LogP contribution in [-0.2, 0) is 66.8 Å². The highest BCUT2D eigenvalue weighted by Crippen LogP contribution is 2.48. The molecule has 0 radical (unpaired) electrons. The minimum Gasteiger partial charge on any atom is -0.472 e. The molecule has 33 heteroatoms. The second-order valence-electron chi connectivity index (χ2n) is 33.6. The Morgan fingerprint density at radius 3 is 1.54 bits per heavy atom. The molecule has 2 aromatic carbocycles. The molecular formula is C92H131IN14O17S. The van der Waals surface area contributed by atoms with Crippen molar-refractivity contribution in [1.29, 1.82) is 0 Å². The van der Waals surface area contributed by atoms with Crippen LogP contribution >= 0.6 is 34.3 Å². The predicted octanol–water partition coefficient (Wildman–Crippen LogP) is 12.9. The molecule has 5 aromatic rings. The number of aromatic amines is 2. The number of ether oxygens (including phenoxy) is 6. The third kappa shape index (κ3) is 23.9. The fourth-order valence-corrected chi connectivity index (χ4v) is 18.1. The van der Waals surface area contributed by atoms with Crippen LogP contribution in [0.1, 0.15) is 247 Å². The van der Waals surface area contributed by atoms with Crippen molar-refractivity contribution in [2.75, 3.05) is 125 Å². The number of morpholine rings is 1. The summed E-state index contributed by atoms with van der Waals surface area (Å²) >= 11 is 2.87. The topological polar surface area (TPSA) is 386 Å². The van der Waals surface area contributed by atoms with Crippen LogP contribution in [0.15, 0.2) is 36.4 Å². The number of amides is 7. The number of nitrogens with zero attached hydrogens (tertiary/aromatic N) is 6. The zero-order valence-electron chi connectivity index (χ0n) is 76.4. The number of carbonyl (C=O) groups excluding carboxylic acids is 11. The Hall–Kier alpha value is -8.94. The van der Waals surface area contributed by atoms with Gasteiger partial charge in [-0.05, 0) is 228 Å². The standard InChI is InChI=1S/C92H131IN14O17S/c1-20-89(21-2,73(108)36-38-75(110)98-62-32-34-69-65(48-62)67(83(115)100-69)50-71-55(11)78(57(13)96-71)85(117)94-40-42-104(26-7)27-8)122-60(16)81(114)91(24-5,61-30-31-61)124-64(53-120-87-82(102-125-103-87)106-44-46-119-47-45-106)52-107(88(17,18)19)77(112)54-121-90(22-3,23-4)80(113)59(15)123-92(93,25-6)74(109)37-39-76(111)99-63-33-35-70-66(49-63)68(84(116)101-70)51-72-56(12)79(58(14)97-72)86(118)95-41-43-105(28-9)29-10/h32-35,48-51,59-61,64,96-97H,20-31,36-47,52-54H2,1-19H3,(H,94,117)(H,95,118)(H,98,110)(H,99,111)(H,100,115)(H,101,116)/b67-50-,68-51-/t59?,60?,64-,91?,92?/m0/s1. The Morgan fingerprint density at radius 2 is 1.10 bits per heavy atom. The fraction of sp³-hybridized carbons (Fsp3) is 0.598. The van der Waals surface area contributed by atoms with Crippen molar-refractivity contribution in [3.63, 3.8) is 0 Å². The van der Waals surface area contributed by atoms with Gasteiger partial charge in [0.25, 0.3) is 29.5 Å². The summed E-state index contributed by atoms with van der Waals surface area (Å²) in [5.74, 6) is -3.93. The first-order valence-electron chi connectivity index (χ1n) is 44.3. The van der Waals surface area contributed by atoms with Crippen LogP contribution in [0.5, 0.6) is 5.88 Å². The Bertz CT molecular complexity index is 4790. The van der Waals surface area contributed by atoms with E-state index in [0.717, 1.165) is 37.9 Å². The maximum atomic E-state index is 15.7. The summed E-state index contributed by atoms with van der Waals surface area (Å²) in [6, 6.07) is 10.0. The second-order valence-corrected chi connectivity index (χ2v) is 35.9. The third-order valence-electron chi connectivity index (χ3n) is 24.8. The Labute approximate surface area is 753 Å². The molecule has 1 saturated heterocycles. The van der Waals surface area contributed by atoms with Crippen LogP contribution in [0.3, 0.4) is 0 Å². The molecular weight excluding hydrogens is 1730 g/mol. The van der Waals surface area contributed by atoms with E-state index in [-0.39, 0.29) is 119 Å². The van der Waals surface area contributed by atoms with Crippen LogP contribution in [0, 0.1) is 33.6 Å². The van der Waals surface area contributed by atoms with Crippen LogP contribution in [0.25, 0.3) is 23.3 Å². The first-order valence-corrected chi connectivity index (χ1v) is 46.2. The van der Waals surface area contributed by atoms with Crippen molar-refractivity contribution in [3.8, 4) is 5.88 Å². The van der Waals surface area contributed by atoms with E-state index in [2.05, 4.69) is 88.1 Å². The van der Waals surface area contributed by atoms with Gasteiger partial charge in [0.15, 0.2) is 26.7 Å². The molecule has 4 aliphatic rings. The summed E-state index contributed by atoms with van der Waals surface area (Å²) in [6.45, 7) is 41.9. The number of hydrogen-bond acceptors (Lipinski definition) is 23. The highest BCUT2D eigenvalue weighted by molar-refractivity contribution is 14.1. The first-order chi connectivity index (χ1) is 59.4. The first kappa shape index (κ1) is 99.8. The molecule has 3 aromatic heterocycles. The number of likely N-dealkylation sites (N-methyl/N-ethyl adjacent to an activating group) is 2. The van der Waals surface area contributed by atoms with Crippen molar-refractivity contribution in [3.05, 3.63) is 92.6 Å². The summed E-state index contributed by atoms with van der Waals surface area (Å²) in [6.07, 6.45) is 1.05. The number of carbonyl (C=O) groups is 11. The van der Waals surface area contributed by atoms with E-state index in [0.29, 0.717) is 161 Å². The molecule has 0 spiro atoms. The highest BCUT2D eigenvalue weighted by atomic mass is 127. The molecule has 5 atom stereocenters. The number of anilines is 5. The number of nitrogens with one attached hydrogen (secondary N) is 8.